The number of carbonyl (C=O) groups excluding carboxylic acids is 2. The van der Waals surface area contributed by atoms with E-state index in [1.54, 1.807) is 0 Å². The Balaban J connectivity index is 4.16. The molecule has 0 unspecified atom stereocenters. The van der Waals surface area contributed by atoms with Crippen LogP contribution in [0.5, 0.6) is 0 Å². The van der Waals surface area contributed by atoms with E-state index in [-0.39, 0.29) is 19.4 Å². The summed E-state index contributed by atoms with van der Waals surface area (Å²) in [5.74, 6) is -1.00. The van der Waals surface area contributed by atoms with E-state index in [0.717, 1.165) is 77.0 Å². The van der Waals surface area contributed by atoms with Crippen molar-refractivity contribution in [2.75, 3.05) is 13.2 Å². The van der Waals surface area contributed by atoms with E-state index in [1.807, 2.05) is 12.2 Å². The summed E-state index contributed by atoms with van der Waals surface area (Å²) < 4.78 is 26.2. The molecule has 0 heterocycles. The second kappa shape index (κ2) is 35.1. The van der Waals surface area contributed by atoms with Crippen LogP contribution in [0.3, 0.4) is 0 Å². The van der Waals surface area contributed by atoms with Crippen LogP contribution in [0, 0.1) is 0 Å². The highest BCUT2D eigenvalue weighted by Gasteiger charge is 2.22. The third kappa shape index (κ3) is 37.9. The molecule has 0 aromatic rings. The first-order valence-corrected chi connectivity index (χ1v) is 19.9. The summed E-state index contributed by atoms with van der Waals surface area (Å²) >= 11 is 0. The maximum atomic E-state index is 12.3. The molecule has 9 heteroatoms. The van der Waals surface area contributed by atoms with Crippen molar-refractivity contribution in [3.63, 3.8) is 0 Å². The summed E-state index contributed by atoms with van der Waals surface area (Å²) in [5.41, 5.74) is 0. The number of phosphoric acid groups is 1. The Labute approximate surface area is 297 Å². The zero-order valence-electron chi connectivity index (χ0n) is 30.3. The van der Waals surface area contributed by atoms with Crippen LogP contribution in [-0.4, -0.2) is 41.0 Å². The fourth-order valence-electron chi connectivity index (χ4n) is 4.45. The molecule has 0 rings (SSSR count). The Morgan fingerprint density at radius 1 is 0.551 bits per heavy atom. The Hall–Kier alpha value is -2.77. The van der Waals surface area contributed by atoms with Crippen LogP contribution in [0.1, 0.15) is 136 Å². The smallest absolute Gasteiger partial charge is 0.462 e. The average molecular weight is 705 g/mol. The largest absolute Gasteiger partial charge is 0.469 e. The lowest BCUT2D eigenvalue weighted by Gasteiger charge is -2.18. The molecule has 278 valence electrons. The highest BCUT2D eigenvalue weighted by molar-refractivity contribution is 7.46. The fourth-order valence-corrected chi connectivity index (χ4v) is 4.81. The topological polar surface area (TPSA) is 119 Å². The van der Waals surface area contributed by atoms with Gasteiger partial charge in [-0.25, -0.2) is 4.57 Å². The number of hydrogen-bond acceptors (Lipinski definition) is 6. The normalized spacial score (nSPS) is 13.5. The molecule has 0 aliphatic rings. The van der Waals surface area contributed by atoms with Gasteiger partial charge in [0.25, 0.3) is 0 Å². The van der Waals surface area contributed by atoms with Crippen molar-refractivity contribution < 1.29 is 37.9 Å². The number of phosphoric ester groups is 1. The molecule has 2 N–H and O–H groups in total. The molecule has 1 atom stereocenters. The molecule has 0 bridgehead atoms. The average Bonchev–Trinajstić information content (AvgIpc) is 3.07. The van der Waals surface area contributed by atoms with Gasteiger partial charge < -0.3 is 19.3 Å². The molecule has 0 saturated carbocycles. The lowest BCUT2D eigenvalue weighted by Crippen LogP contribution is -2.29. The first-order chi connectivity index (χ1) is 23.8. The Kier molecular flexibility index (Phi) is 33.1. The zero-order chi connectivity index (χ0) is 36.1. The summed E-state index contributed by atoms with van der Waals surface area (Å²) in [4.78, 5) is 42.6. The van der Waals surface area contributed by atoms with E-state index >= 15 is 0 Å². The SMILES string of the molecule is CC/C=C\C/C=C\C/C=C\C/C=C\C/C=C\C/C=C\CCC(=O)O[C@H](COC(=O)CCCCCCC/C=C\CCCCC)COP(=O)(O)O. The van der Waals surface area contributed by atoms with Crippen LogP contribution < -0.4 is 0 Å². The van der Waals surface area contributed by atoms with Crippen molar-refractivity contribution in [2.45, 2.75) is 142 Å². The van der Waals surface area contributed by atoms with E-state index in [4.69, 9.17) is 19.3 Å². The molecule has 8 nitrogen and oxygen atoms in total. The lowest BCUT2D eigenvalue weighted by atomic mass is 10.1. The fraction of sp³-hybridized carbons (Fsp3) is 0.600. The molecule has 0 fully saturated rings. The summed E-state index contributed by atoms with van der Waals surface area (Å²) in [6, 6.07) is 0. The molecule has 0 spiro atoms. The standard InChI is InChI=1S/C40H65O8P/c1-3-5-7-9-11-13-15-17-18-19-20-21-22-23-25-27-29-31-33-35-40(42)48-38(37-47-49(43,44)45)36-46-39(41)34-32-30-28-26-24-16-14-12-10-8-6-4-2/h5,7,11-14,17-18,20-21,23,25,29,31,38H,3-4,6,8-10,15-16,19,22,24,26-28,30,32-37H2,1-2H3,(H2,43,44,45)/b7-5-,13-11-,14-12-,18-17-,21-20-,25-23-,31-29-/t38-/m1/s1. The van der Waals surface area contributed by atoms with Crippen LogP contribution in [0.25, 0.3) is 0 Å². The molecular weight excluding hydrogens is 639 g/mol. The van der Waals surface area contributed by atoms with Crippen molar-refractivity contribution in [3.8, 4) is 0 Å². The van der Waals surface area contributed by atoms with Crippen LogP contribution in [0.4, 0.5) is 0 Å². The van der Waals surface area contributed by atoms with Crippen LogP contribution in [0.15, 0.2) is 85.1 Å². The molecular formula is C40H65O8P. The van der Waals surface area contributed by atoms with Gasteiger partial charge in [-0.3, -0.25) is 14.1 Å². The van der Waals surface area contributed by atoms with Crippen LogP contribution in [0.2, 0.25) is 0 Å². The van der Waals surface area contributed by atoms with Gasteiger partial charge in [-0.05, 0) is 77.0 Å². The van der Waals surface area contributed by atoms with Gasteiger partial charge in [0, 0.05) is 12.8 Å². The van der Waals surface area contributed by atoms with Gasteiger partial charge in [-0.1, -0.05) is 131 Å². The second-order valence-electron chi connectivity index (χ2n) is 11.8. The number of allylic oxidation sites excluding steroid dienone is 14. The van der Waals surface area contributed by atoms with E-state index in [2.05, 4.69) is 91.3 Å². The highest BCUT2D eigenvalue weighted by Crippen LogP contribution is 2.35. The number of carbonyl (C=O) groups is 2. The lowest BCUT2D eigenvalue weighted by molar-refractivity contribution is -0.161. The van der Waals surface area contributed by atoms with Gasteiger partial charge in [0.2, 0.25) is 0 Å². The molecule has 0 aromatic heterocycles. The summed E-state index contributed by atoms with van der Waals surface area (Å²) in [6.45, 7) is 3.44. The third-order valence-corrected chi connectivity index (χ3v) is 7.65. The van der Waals surface area contributed by atoms with Crippen molar-refractivity contribution in [1.82, 2.24) is 0 Å². The predicted molar refractivity (Wildman–Crippen MR) is 202 cm³/mol. The van der Waals surface area contributed by atoms with Crippen molar-refractivity contribution in [1.29, 1.82) is 0 Å². The summed E-state index contributed by atoms with van der Waals surface area (Å²) in [7, 11) is -4.78. The van der Waals surface area contributed by atoms with Gasteiger partial charge in [0.1, 0.15) is 6.61 Å². The minimum absolute atomic E-state index is 0.0805. The van der Waals surface area contributed by atoms with E-state index in [9.17, 15) is 14.2 Å². The number of rotatable bonds is 32. The third-order valence-electron chi connectivity index (χ3n) is 7.16. The number of hydrogen-bond donors (Lipinski definition) is 2. The second-order valence-corrected chi connectivity index (χ2v) is 13.0. The van der Waals surface area contributed by atoms with Gasteiger partial charge in [-0.15, -0.1) is 0 Å². The number of unbranched alkanes of at least 4 members (excludes halogenated alkanes) is 8. The van der Waals surface area contributed by atoms with Crippen molar-refractivity contribution in [2.24, 2.45) is 0 Å². The summed E-state index contributed by atoms with van der Waals surface area (Å²) in [5, 5.41) is 0. The van der Waals surface area contributed by atoms with E-state index < -0.39 is 32.5 Å². The first kappa shape index (κ1) is 46.2. The maximum Gasteiger partial charge on any atom is 0.469 e. The van der Waals surface area contributed by atoms with Gasteiger partial charge in [-0.2, -0.15) is 0 Å². The van der Waals surface area contributed by atoms with Crippen LogP contribution in [-0.2, 0) is 28.2 Å². The molecule has 0 saturated heterocycles. The molecule has 0 radical (unpaired) electrons. The molecule has 0 amide bonds. The first-order valence-electron chi connectivity index (χ1n) is 18.4. The van der Waals surface area contributed by atoms with Crippen molar-refractivity contribution in [3.05, 3.63) is 85.1 Å². The maximum absolute atomic E-state index is 12.3. The van der Waals surface area contributed by atoms with Gasteiger partial charge in [0.15, 0.2) is 6.10 Å². The molecule has 49 heavy (non-hydrogen) atoms. The van der Waals surface area contributed by atoms with E-state index in [1.165, 1.54) is 19.3 Å². The molecule has 0 aliphatic carbocycles. The zero-order valence-corrected chi connectivity index (χ0v) is 31.2. The molecule has 0 aliphatic heterocycles. The Morgan fingerprint density at radius 2 is 1.02 bits per heavy atom. The minimum Gasteiger partial charge on any atom is -0.462 e. The monoisotopic (exact) mass is 704 g/mol. The predicted octanol–water partition coefficient (Wildman–Crippen LogP) is 10.9. The Morgan fingerprint density at radius 3 is 1.55 bits per heavy atom. The number of esters is 2. The molecule has 0 aromatic carbocycles. The van der Waals surface area contributed by atoms with Gasteiger partial charge >= 0.3 is 19.8 Å². The van der Waals surface area contributed by atoms with E-state index in [0.29, 0.717) is 12.8 Å². The van der Waals surface area contributed by atoms with Crippen LogP contribution >= 0.6 is 7.82 Å². The quantitative estimate of drug-likeness (QED) is 0.0307. The highest BCUT2D eigenvalue weighted by atomic mass is 31.2. The van der Waals surface area contributed by atoms with Gasteiger partial charge in [0.05, 0.1) is 6.61 Å². The summed E-state index contributed by atoms with van der Waals surface area (Å²) in [6.07, 6.45) is 46.0. The number of ether oxygens (including phenoxy) is 2. The minimum atomic E-state index is -4.78. The Bertz CT molecular complexity index is 1060. The van der Waals surface area contributed by atoms with Crippen molar-refractivity contribution >= 4 is 19.8 Å².